The molecule has 1 aromatic rings. The molecule has 3 nitrogen and oxygen atoms in total. The van der Waals surface area contributed by atoms with Gasteiger partial charge in [0, 0.05) is 0 Å². The van der Waals surface area contributed by atoms with Gasteiger partial charge in [0.1, 0.15) is 0 Å². The SMILES string of the molecule is CCc1cccc(CC)c1NN.NC=S. The number of nitrogens with two attached hydrogens (primary N) is 2. The molecule has 0 aliphatic rings. The Morgan fingerprint density at radius 3 is 1.93 bits per heavy atom. The second-order valence-corrected chi connectivity index (χ2v) is 3.21. The Kier molecular flexibility index (Phi) is 7.58. The number of nitrogens with one attached hydrogen (secondary N) is 1. The molecule has 0 heterocycles. The van der Waals surface area contributed by atoms with Crippen LogP contribution < -0.4 is 17.0 Å². The zero-order valence-electron chi connectivity index (χ0n) is 9.29. The number of nitrogen functional groups attached to an aromatic ring is 1. The van der Waals surface area contributed by atoms with Crippen LogP contribution in [0.5, 0.6) is 0 Å². The quantitative estimate of drug-likeness (QED) is 0.418. The predicted molar refractivity (Wildman–Crippen MR) is 70.9 cm³/mol. The van der Waals surface area contributed by atoms with E-state index in [1.807, 2.05) is 0 Å². The van der Waals surface area contributed by atoms with Crippen LogP contribution in [0, 0.1) is 0 Å². The summed E-state index contributed by atoms with van der Waals surface area (Å²) in [6.45, 7) is 4.27. The minimum atomic E-state index is 1.02. The van der Waals surface area contributed by atoms with E-state index in [4.69, 9.17) is 5.84 Å². The van der Waals surface area contributed by atoms with Crippen molar-refractivity contribution in [2.75, 3.05) is 5.43 Å². The van der Waals surface area contributed by atoms with E-state index < -0.39 is 0 Å². The van der Waals surface area contributed by atoms with Crippen LogP contribution in [0.25, 0.3) is 0 Å². The van der Waals surface area contributed by atoms with Crippen molar-refractivity contribution in [2.45, 2.75) is 26.7 Å². The van der Waals surface area contributed by atoms with Gasteiger partial charge in [-0.1, -0.05) is 44.3 Å². The van der Waals surface area contributed by atoms with Crippen molar-refractivity contribution in [3.63, 3.8) is 0 Å². The largest absolute Gasteiger partial charge is 0.396 e. The molecular weight excluding hydrogens is 206 g/mol. The van der Waals surface area contributed by atoms with Gasteiger partial charge in [0.15, 0.2) is 0 Å². The minimum Gasteiger partial charge on any atom is -0.396 e. The number of hydrogen-bond donors (Lipinski definition) is 3. The summed E-state index contributed by atoms with van der Waals surface area (Å²) in [6, 6.07) is 6.29. The predicted octanol–water partition coefficient (Wildman–Crippen LogP) is 2.00. The maximum absolute atomic E-state index is 5.45. The second kappa shape index (κ2) is 8.20. The Morgan fingerprint density at radius 2 is 1.67 bits per heavy atom. The van der Waals surface area contributed by atoms with Gasteiger partial charge >= 0.3 is 0 Å². The van der Waals surface area contributed by atoms with Gasteiger partial charge in [-0.2, -0.15) is 0 Å². The third-order valence-corrected chi connectivity index (χ3v) is 2.14. The number of para-hydroxylation sites is 1. The topological polar surface area (TPSA) is 64.1 Å². The normalized spacial score (nSPS) is 8.73. The smallest absolute Gasteiger partial charge is 0.0588 e. The van der Waals surface area contributed by atoms with Crippen LogP contribution in [0.3, 0.4) is 0 Å². The first kappa shape index (κ1) is 13.9. The monoisotopic (exact) mass is 225 g/mol. The maximum atomic E-state index is 5.45. The van der Waals surface area contributed by atoms with Gasteiger partial charge in [0.05, 0.1) is 11.2 Å². The number of hydrazine groups is 1. The molecule has 0 bridgehead atoms. The van der Waals surface area contributed by atoms with Crippen LogP contribution in [-0.4, -0.2) is 5.49 Å². The van der Waals surface area contributed by atoms with Crippen LogP contribution in [0.15, 0.2) is 18.2 Å². The molecule has 0 amide bonds. The van der Waals surface area contributed by atoms with E-state index >= 15 is 0 Å². The van der Waals surface area contributed by atoms with Crippen LogP contribution in [0.1, 0.15) is 25.0 Å². The summed E-state index contributed by atoms with van der Waals surface area (Å²) in [6.07, 6.45) is 2.04. The molecule has 4 heteroatoms. The summed E-state index contributed by atoms with van der Waals surface area (Å²) in [5, 5.41) is 0. The summed E-state index contributed by atoms with van der Waals surface area (Å²) < 4.78 is 0. The van der Waals surface area contributed by atoms with E-state index in [0.29, 0.717) is 0 Å². The number of thiocarbonyl (C=S) groups is 1. The molecule has 0 unspecified atom stereocenters. The van der Waals surface area contributed by atoms with Crippen molar-refractivity contribution in [1.29, 1.82) is 0 Å². The lowest BCUT2D eigenvalue weighted by Crippen LogP contribution is -2.11. The summed E-state index contributed by atoms with van der Waals surface area (Å²) in [5.41, 5.74) is 12.1. The third-order valence-electron chi connectivity index (χ3n) is 2.14. The van der Waals surface area contributed by atoms with Crippen molar-refractivity contribution in [1.82, 2.24) is 0 Å². The molecule has 15 heavy (non-hydrogen) atoms. The zero-order valence-corrected chi connectivity index (χ0v) is 10.1. The van der Waals surface area contributed by atoms with Gasteiger partial charge < -0.3 is 11.2 Å². The van der Waals surface area contributed by atoms with Crippen molar-refractivity contribution < 1.29 is 0 Å². The Bertz CT molecular complexity index is 278. The molecule has 0 aliphatic heterocycles. The van der Waals surface area contributed by atoms with Crippen molar-refractivity contribution in [3.8, 4) is 0 Å². The first-order valence-electron chi connectivity index (χ1n) is 4.97. The molecule has 0 aromatic heterocycles. The summed E-state index contributed by atoms with van der Waals surface area (Å²) >= 11 is 4.05. The molecule has 0 aliphatic carbocycles. The fraction of sp³-hybridized carbons (Fsp3) is 0.364. The minimum absolute atomic E-state index is 1.02. The molecule has 0 saturated carbocycles. The Morgan fingerprint density at radius 1 is 1.27 bits per heavy atom. The highest BCUT2D eigenvalue weighted by Crippen LogP contribution is 2.20. The van der Waals surface area contributed by atoms with E-state index in [1.54, 1.807) is 0 Å². The first-order valence-corrected chi connectivity index (χ1v) is 5.44. The summed E-state index contributed by atoms with van der Waals surface area (Å²) in [4.78, 5) is 0. The van der Waals surface area contributed by atoms with Gasteiger partial charge in [-0.3, -0.25) is 5.84 Å². The standard InChI is InChI=1S/C10H16N2.CH3NS/c1-3-8-6-5-7-9(4-2)10(8)12-11;2-1-3/h5-7,12H,3-4,11H2,1-2H3;1H,(H2,2,3). The van der Waals surface area contributed by atoms with Crippen LogP contribution in [0.2, 0.25) is 0 Å². The summed E-state index contributed by atoms with van der Waals surface area (Å²) in [5.74, 6) is 5.45. The highest BCUT2D eigenvalue weighted by atomic mass is 32.1. The number of anilines is 1. The summed E-state index contributed by atoms with van der Waals surface area (Å²) in [7, 11) is 0. The molecule has 0 saturated heterocycles. The Labute approximate surface area is 96.8 Å². The lowest BCUT2D eigenvalue weighted by atomic mass is 10.0. The fourth-order valence-electron chi connectivity index (χ4n) is 1.43. The van der Waals surface area contributed by atoms with Gasteiger partial charge in [-0.05, 0) is 24.0 Å². The molecule has 1 aromatic carbocycles. The van der Waals surface area contributed by atoms with E-state index in [-0.39, 0.29) is 0 Å². The average molecular weight is 225 g/mol. The third kappa shape index (κ3) is 4.27. The molecule has 84 valence electrons. The number of aryl methyl sites for hydroxylation is 2. The van der Waals surface area contributed by atoms with Gasteiger partial charge in [0.2, 0.25) is 0 Å². The molecule has 0 fully saturated rings. The number of benzene rings is 1. The van der Waals surface area contributed by atoms with Gasteiger partial charge in [-0.15, -0.1) is 0 Å². The van der Waals surface area contributed by atoms with Crippen LogP contribution >= 0.6 is 12.2 Å². The molecular formula is C11H19N3S. The molecule has 1 rings (SSSR count). The number of hydrogen-bond acceptors (Lipinski definition) is 3. The lowest BCUT2D eigenvalue weighted by molar-refractivity contribution is 1.07. The molecule has 0 spiro atoms. The van der Waals surface area contributed by atoms with E-state index in [9.17, 15) is 0 Å². The zero-order chi connectivity index (χ0) is 11.7. The highest BCUT2D eigenvalue weighted by molar-refractivity contribution is 7.78. The van der Waals surface area contributed by atoms with E-state index in [1.165, 1.54) is 11.1 Å². The van der Waals surface area contributed by atoms with Gasteiger partial charge in [-0.25, -0.2) is 0 Å². The molecule has 5 N–H and O–H groups in total. The van der Waals surface area contributed by atoms with E-state index in [2.05, 4.69) is 55.4 Å². The van der Waals surface area contributed by atoms with Crippen LogP contribution in [-0.2, 0) is 12.8 Å². The number of rotatable bonds is 3. The second-order valence-electron chi connectivity index (χ2n) is 2.94. The Balaban J connectivity index is 0.000000583. The maximum Gasteiger partial charge on any atom is 0.0588 e. The van der Waals surface area contributed by atoms with Crippen molar-refractivity contribution >= 4 is 23.4 Å². The molecule has 0 atom stereocenters. The van der Waals surface area contributed by atoms with Crippen molar-refractivity contribution in [3.05, 3.63) is 29.3 Å². The lowest BCUT2D eigenvalue weighted by Gasteiger charge is -2.11. The first-order chi connectivity index (χ1) is 7.24. The van der Waals surface area contributed by atoms with Gasteiger partial charge in [0.25, 0.3) is 0 Å². The fourth-order valence-corrected chi connectivity index (χ4v) is 1.43. The van der Waals surface area contributed by atoms with E-state index in [0.717, 1.165) is 24.0 Å². The molecule has 0 radical (unpaired) electrons. The highest BCUT2D eigenvalue weighted by Gasteiger charge is 2.02. The van der Waals surface area contributed by atoms with Crippen LogP contribution in [0.4, 0.5) is 5.69 Å². The average Bonchev–Trinajstić information content (AvgIpc) is 2.28. The van der Waals surface area contributed by atoms with Crippen molar-refractivity contribution in [2.24, 2.45) is 11.6 Å². The Hall–Kier alpha value is -1.13.